The predicted molar refractivity (Wildman–Crippen MR) is 96.4 cm³/mol. The first-order chi connectivity index (χ1) is 12.3. The lowest BCUT2D eigenvalue weighted by molar-refractivity contribution is -0.136. The average Bonchev–Trinajstić information content (AvgIpc) is 3.06. The van der Waals surface area contributed by atoms with E-state index in [-0.39, 0.29) is 28.8 Å². The molecule has 1 N–H and O–H groups in total. The lowest BCUT2D eigenvalue weighted by Crippen LogP contribution is -2.12. The number of benzene rings is 2. The number of aliphatic carboxylic acids is 1. The normalized spacial score (nSPS) is 11.4. The number of aryl methyl sites for hydroxylation is 2. The first kappa shape index (κ1) is 17.7. The van der Waals surface area contributed by atoms with Crippen molar-refractivity contribution in [1.82, 2.24) is 3.97 Å². The zero-order chi connectivity index (χ0) is 18.9. The molecule has 0 atom stereocenters. The molecule has 0 aliphatic rings. The van der Waals surface area contributed by atoms with E-state index in [0.29, 0.717) is 10.9 Å². The maximum absolute atomic E-state index is 13.0. The summed E-state index contributed by atoms with van der Waals surface area (Å²) in [5, 5.41) is 18.9. The third kappa shape index (κ3) is 3.07. The molecule has 1 heterocycles. The predicted octanol–water partition coefficient (Wildman–Crippen LogP) is 3.08. The Labute approximate surface area is 151 Å². The van der Waals surface area contributed by atoms with Gasteiger partial charge in [0.15, 0.2) is 0 Å². The molecule has 0 aliphatic heterocycles. The van der Waals surface area contributed by atoms with Crippen molar-refractivity contribution in [2.45, 2.75) is 24.7 Å². The molecule has 26 heavy (non-hydrogen) atoms. The monoisotopic (exact) mass is 368 g/mol. The molecule has 0 fully saturated rings. The van der Waals surface area contributed by atoms with Crippen LogP contribution in [0.4, 0.5) is 0 Å². The summed E-state index contributed by atoms with van der Waals surface area (Å²) in [5.74, 6) is -0.936. The van der Waals surface area contributed by atoms with E-state index < -0.39 is 16.0 Å². The molecule has 0 bridgehead atoms. The Morgan fingerprint density at radius 3 is 2.46 bits per heavy atom. The van der Waals surface area contributed by atoms with Crippen LogP contribution in [0, 0.1) is 18.3 Å². The highest BCUT2D eigenvalue weighted by atomic mass is 32.2. The largest absolute Gasteiger partial charge is 0.481 e. The van der Waals surface area contributed by atoms with Gasteiger partial charge in [-0.05, 0) is 43.2 Å². The zero-order valence-electron chi connectivity index (χ0n) is 14.0. The Morgan fingerprint density at radius 2 is 1.85 bits per heavy atom. The number of aromatic nitrogens is 1. The van der Waals surface area contributed by atoms with Crippen LogP contribution in [0.15, 0.2) is 53.6 Å². The highest BCUT2D eigenvalue weighted by molar-refractivity contribution is 7.90. The van der Waals surface area contributed by atoms with Crippen molar-refractivity contribution in [3.8, 4) is 6.07 Å². The minimum Gasteiger partial charge on any atom is -0.481 e. The molecule has 0 aliphatic carbocycles. The quantitative estimate of drug-likeness (QED) is 0.746. The lowest BCUT2D eigenvalue weighted by Gasteiger charge is -2.10. The average molecular weight is 368 g/mol. The third-order valence-corrected chi connectivity index (χ3v) is 5.90. The van der Waals surface area contributed by atoms with Gasteiger partial charge in [0, 0.05) is 18.0 Å². The Bertz CT molecular complexity index is 1140. The summed E-state index contributed by atoms with van der Waals surface area (Å²) in [6.07, 6.45) is 1.59. The van der Waals surface area contributed by atoms with Gasteiger partial charge in [-0.2, -0.15) is 5.26 Å². The van der Waals surface area contributed by atoms with Crippen LogP contribution in [0.1, 0.15) is 23.1 Å². The van der Waals surface area contributed by atoms with Crippen molar-refractivity contribution < 1.29 is 18.3 Å². The van der Waals surface area contributed by atoms with Crippen LogP contribution < -0.4 is 0 Å². The molecule has 0 unspecified atom stereocenters. The minimum atomic E-state index is -3.87. The number of nitrogens with zero attached hydrogens (tertiary/aromatic N) is 2. The molecule has 7 heteroatoms. The Morgan fingerprint density at radius 1 is 1.15 bits per heavy atom. The summed E-state index contributed by atoms with van der Waals surface area (Å²) < 4.78 is 27.1. The van der Waals surface area contributed by atoms with Gasteiger partial charge in [-0.25, -0.2) is 12.4 Å². The van der Waals surface area contributed by atoms with Gasteiger partial charge in [0.25, 0.3) is 10.0 Å². The topological polar surface area (TPSA) is 100 Å². The zero-order valence-corrected chi connectivity index (χ0v) is 14.8. The third-order valence-electron chi connectivity index (χ3n) is 4.21. The fourth-order valence-corrected chi connectivity index (χ4v) is 4.23. The number of nitriles is 1. The maximum atomic E-state index is 13.0. The van der Waals surface area contributed by atoms with E-state index in [9.17, 15) is 18.5 Å². The first-order valence-electron chi connectivity index (χ1n) is 7.91. The van der Waals surface area contributed by atoms with E-state index in [1.165, 1.54) is 24.4 Å². The van der Waals surface area contributed by atoms with Gasteiger partial charge in [0.05, 0.1) is 16.0 Å². The Kier molecular flexibility index (Phi) is 4.53. The van der Waals surface area contributed by atoms with E-state index in [1.807, 2.05) is 13.0 Å². The van der Waals surface area contributed by atoms with Crippen molar-refractivity contribution in [2.75, 3.05) is 0 Å². The second-order valence-corrected chi connectivity index (χ2v) is 7.78. The number of rotatable bonds is 5. The van der Waals surface area contributed by atoms with E-state index in [1.54, 1.807) is 24.3 Å². The molecule has 132 valence electrons. The summed E-state index contributed by atoms with van der Waals surface area (Å²) in [7, 11) is -3.87. The summed E-state index contributed by atoms with van der Waals surface area (Å²) in [6.45, 7) is 1.87. The minimum absolute atomic E-state index is 0.0725. The summed E-state index contributed by atoms with van der Waals surface area (Å²) in [4.78, 5) is 11.0. The van der Waals surface area contributed by atoms with Crippen molar-refractivity contribution in [3.63, 3.8) is 0 Å². The van der Waals surface area contributed by atoms with Gasteiger partial charge in [-0.15, -0.1) is 0 Å². The second-order valence-electron chi connectivity index (χ2n) is 5.97. The highest BCUT2D eigenvalue weighted by Crippen LogP contribution is 2.28. The highest BCUT2D eigenvalue weighted by Gasteiger charge is 2.22. The Hall–Kier alpha value is -3.11. The van der Waals surface area contributed by atoms with Crippen molar-refractivity contribution >= 4 is 26.9 Å². The molecular formula is C19H16N2O4S. The number of fused-ring (bicyclic) bond motifs is 1. The summed E-state index contributed by atoms with van der Waals surface area (Å²) >= 11 is 0. The molecule has 3 rings (SSSR count). The Balaban J connectivity index is 2.21. The van der Waals surface area contributed by atoms with Gasteiger partial charge < -0.3 is 5.11 Å². The van der Waals surface area contributed by atoms with Crippen LogP contribution >= 0.6 is 0 Å². The summed E-state index contributed by atoms with van der Waals surface area (Å²) in [5.41, 5.74) is 2.13. The molecule has 0 radical (unpaired) electrons. The van der Waals surface area contributed by atoms with Gasteiger partial charge in [0.1, 0.15) is 6.07 Å². The molecule has 0 spiro atoms. The molecule has 1 aromatic heterocycles. The van der Waals surface area contributed by atoms with E-state index in [2.05, 4.69) is 0 Å². The van der Waals surface area contributed by atoms with Crippen LogP contribution in [0.5, 0.6) is 0 Å². The standard InChI is InChI=1S/C19H16N2O4S/c1-13-2-7-16(8-3-13)26(24,25)21-11-10-17-14(6-9-18(22)23)4-5-15(12-20)19(17)21/h2-5,7-8,10-11H,6,9H2,1H3,(H,22,23). The van der Waals surface area contributed by atoms with Crippen molar-refractivity contribution in [3.05, 3.63) is 65.4 Å². The van der Waals surface area contributed by atoms with Crippen LogP contribution in [-0.4, -0.2) is 23.5 Å². The van der Waals surface area contributed by atoms with Crippen molar-refractivity contribution in [2.24, 2.45) is 0 Å². The first-order valence-corrected chi connectivity index (χ1v) is 9.35. The molecule has 6 nitrogen and oxygen atoms in total. The van der Waals surface area contributed by atoms with Crippen LogP contribution in [0.3, 0.4) is 0 Å². The molecule has 0 saturated heterocycles. The number of hydrogen-bond acceptors (Lipinski definition) is 4. The van der Waals surface area contributed by atoms with Crippen LogP contribution in [0.2, 0.25) is 0 Å². The number of carboxylic acids is 1. The summed E-state index contributed by atoms with van der Waals surface area (Å²) in [6, 6.07) is 13.3. The fraction of sp³-hybridized carbons (Fsp3) is 0.158. The maximum Gasteiger partial charge on any atom is 0.303 e. The number of carbonyl (C=O) groups is 1. The SMILES string of the molecule is Cc1ccc(S(=O)(=O)n2ccc3c(CCC(=O)O)ccc(C#N)c32)cc1. The smallest absolute Gasteiger partial charge is 0.303 e. The van der Waals surface area contributed by atoms with Gasteiger partial charge >= 0.3 is 5.97 Å². The van der Waals surface area contributed by atoms with Gasteiger partial charge in [-0.3, -0.25) is 4.79 Å². The molecule has 0 amide bonds. The number of hydrogen-bond donors (Lipinski definition) is 1. The molecule has 3 aromatic rings. The van der Waals surface area contributed by atoms with Gasteiger partial charge in [0.2, 0.25) is 0 Å². The molecular weight excluding hydrogens is 352 g/mol. The van der Waals surface area contributed by atoms with E-state index in [0.717, 1.165) is 9.54 Å². The second kappa shape index (κ2) is 6.65. The number of carboxylic acid groups (broad SMARTS) is 1. The van der Waals surface area contributed by atoms with Crippen molar-refractivity contribution in [1.29, 1.82) is 5.26 Å². The van der Waals surface area contributed by atoms with E-state index in [4.69, 9.17) is 5.11 Å². The van der Waals surface area contributed by atoms with E-state index >= 15 is 0 Å². The fourth-order valence-electron chi connectivity index (χ4n) is 2.86. The molecule has 0 saturated carbocycles. The van der Waals surface area contributed by atoms with Gasteiger partial charge in [-0.1, -0.05) is 23.8 Å². The van der Waals surface area contributed by atoms with Crippen LogP contribution in [0.25, 0.3) is 10.9 Å². The lowest BCUT2D eigenvalue weighted by atomic mass is 10.0. The van der Waals surface area contributed by atoms with Crippen LogP contribution in [-0.2, 0) is 21.2 Å². The molecule has 2 aromatic carbocycles.